The molecule has 21 heavy (non-hydrogen) atoms. The van der Waals surface area contributed by atoms with E-state index in [1.807, 2.05) is 37.8 Å². The first-order valence-electron chi connectivity index (χ1n) is 6.68. The van der Waals surface area contributed by atoms with E-state index in [9.17, 15) is 0 Å². The van der Waals surface area contributed by atoms with Gasteiger partial charge in [0, 0.05) is 13.2 Å². The molecule has 8 heteroatoms. The molecule has 0 saturated carbocycles. The molecule has 4 heterocycles. The Bertz CT molecular complexity index is 944. The van der Waals surface area contributed by atoms with Gasteiger partial charge in [-0.2, -0.15) is 10.2 Å². The molecule has 0 saturated heterocycles. The van der Waals surface area contributed by atoms with Crippen LogP contribution in [0.3, 0.4) is 0 Å². The summed E-state index contributed by atoms with van der Waals surface area (Å²) in [4.78, 5) is 8.99. The maximum Gasteiger partial charge on any atom is 0.176 e. The standard InChI is InChI=1S/C13H14N8/c1-8-4-5-20(17-8)9(2)11-16-13-10-6-15-19(3)12(10)14-7-21(13)18-11/h4-7,9H,1-3H3. The van der Waals surface area contributed by atoms with Gasteiger partial charge in [0.15, 0.2) is 17.1 Å². The lowest BCUT2D eigenvalue weighted by Crippen LogP contribution is -2.09. The van der Waals surface area contributed by atoms with Crippen LogP contribution in [0.4, 0.5) is 0 Å². The Balaban J connectivity index is 1.88. The fourth-order valence-electron chi connectivity index (χ4n) is 2.40. The first kappa shape index (κ1) is 12.0. The Morgan fingerprint density at radius 2 is 2.05 bits per heavy atom. The zero-order valence-corrected chi connectivity index (χ0v) is 12.0. The van der Waals surface area contributed by atoms with E-state index in [1.165, 1.54) is 0 Å². The molecule has 0 amide bonds. The summed E-state index contributed by atoms with van der Waals surface area (Å²) in [7, 11) is 1.86. The van der Waals surface area contributed by atoms with E-state index in [0.29, 0.717) is 5.82 Å². The van der Waals surface area contributed by atoms with Crippen molar-refractivity contribution in [3.05, 3.63) is 36.3 Å². The van der Waals surface area contributed by atoms with Crippen LogP contribution in [0, 0.1) is 6.92 Å². The van der Waals surface area contributed by atoms with Gasteiger partial charge in [-0.15, -0.1) is 5.10 Å². The van der Waals surface area contributed by atoms with Crippen molar-refractivity contribution in [1.82, 2.24) is 39.1 Å². The first-order chi connectivity index (χ1) is 10.1. The minimum atomic E-state index is -0.0367. The molecule has 0 aliphatic heterocycles. The molecule has 8 nitrogen and oxygen atoms in total. The average molecular weight is 282 g/mol. The molecule has 0 aliphatic rings. The van der Waals surface area contributed by atoms with Crippen molar-refractivity contribution < 1.29 is 0 Å². The van der Waals surface area contributed by atoms with Crippen molar-refractivity contribution in [2.75, 3.05) is 0 Å². The molecule has 1 unspecified atom stereocenters. The zero-order valence-electron chi connectivity index (χ0n) is 12.0. The molecule has 1 atom stereocenters. The van der Waals surface area contributed by atoms with Crippen LogP contribution in [0.5, 0.6) is 0 Å². The van der Waals surface area contributed by atoms with Gasteiger partial charge in [-0.1, -0.05) is 0 Å². The van der Waals surface area contributed by atoms with Crippen LogP contribution in [0.2, 0.25) is 0 Å². The second-order valence-corrected chi connectivity index (χ2v) is 5.10. The van der Waals surface area contributed by atoms with Gasteiger partial charge in [-0.25, -0.2) is 14.5 Å². The number of aryl methyl sites for hydroxylation is 2. The van der Waals surface area contributed by atoms with E-state index in [0.717, 1.165) is 22.4 Å². The minimum absolute atomic E-state index is 0.0367. The fraction of sp³-hybridized carbons (Fsp3) is 0.308. The Morgan fingerprint density at radius 3 is 2.81 bits per heavy atom. The topological polar surface area (TPSA) is 78.7 Å². The SMILES string of the molecule is Cc1ccn(C(C)c2nc3c4cnn(C)c4ncn3n2)n1. The highest BCUT2D eigenvalue weighted by molar-refractivity contribution is 5.88. The number of hydrogen-bond donors (Lipinski definition) is 0. The molecule has 106 valence electrons. The molecular weight excluding hydrogens is 268 g/mol. The molecule has 0 spiro atoms. The van der Waals surface area contributed by atoms with Crippen LogP contribution in [0.1, 0.15) is 24.5 Å². The number of aromatic nitrogens is 8. The van der Waals surface area contributed by atoms with Gasteiger partial charge >= 0.3 is 0 Å². The number of hydrogen-bond acceptors (Lipinski definition) is 5. The molecule has 0 radical (unpaired) electrons. The highest BCUT2D eigenvalue weighted by Gasteiger charge is 2.17. The quantitative estimate of drug-likeness (QED) is 0.550. The van der Waals surface area contributed by atoms with Crippen molar-refractivity contribution in [2.24, 2.45) is 7.05 Å². The molecule has 0 bridgehead atoms. The monoisotopic (exact) mass is 282 g/mol. The summed E-state index contributed by atoms with van der Waals surface area (Å²) in [5.74, 6) is 0.705. The third-order valence-corrected chi connectivity index (χ3v) is 3.60. The van der Waals surface area contributed by atoms with E-state index < -0.39 is 0 Å². The van der Waals surface area contributed by atoms with E-state index >= 15 is 0 Å². The lowest BCUT2D eigenvalue weighted by molar-refractivity contribution is 0.533. The zero-order chi connectivity index (χ0) is 14.6. The average Bonchev–Trinajstić information content (AvgIpc) is 3.16. The number of rotatable bonds is 2. The van der Waals surface area contributed by atoms with Gasteiger partial charge in [-0.3, -0.25) is 9.36 Å². The van der Waals surface area contributed by atoms with Crippen molar-refractivity contribution in [3.8, 4) is 0 Å². The second-order valence-electron chi connectivity index (χ2n) is 5.10. The van der Waals surface area contributed by atoms with E-state index in [2.05, 4.69) is 25.3 Å². The third kappa shape index (κ3) is 1.72. The van der Waals surface area contributed by atoms with Crippen molar-refractivity contribution in [3.63, 3.8) is 0 Å². The first-order valence-corrected chi connectivity index (χ1v) is 6.68. The van der Waals surface area contributed by atoms with Gasteiger partial charge < -0.3 is 0 Å². The Labute approximate surface area is 120 Å². The predicted molar refractivity (Wildman–Crippen MR) is 75.8 cm³/mol. The van der Waals surface area contributed by atoms with Crippen LogP contribution in [0.15, 0.2) is 24.8 Å². The molecule has 0 N–H and O–H groups in total. The Hall–Kier alpha value is -2.77. The summed E-state index contributed by atoms with van der Waals surface area (Å²) in [6, 6.07) is 1.93. The third-order valence-electron chi connectivity index (χ3n) is 3.60. The second kappa shape index (κ2) is 4.11. The lowest BCUT2D eigenvalue weighted by atomic mass is 10.3. The summed E-state index contributed by atoms with van der Waals surface area (Å²) < 4.78 is 5.27. The van der Waals surface area contributed by atoms with Crippen LogP contribution in [0.25, 0.3) is 16.7 Å². The summed E-state index contributed by atoms with van der Waals surface area (Å²) >= 11 is 0. The van der Waals surface area contributed by atoms with Gasteiger partial charge in [0.2, 0.25) is 0 Å². The van der Waals surface area contributed by atoms with Gasteiger partial charge in [0.05, 0.1) is 17.3 Å². The van der Waals surface area contributed by atoms with E-state index in [4.69, 9.17) is 0 Å². The van der Waals surface area contributed by atoms with Crippen LogP contribution in [-0.2, 0) is 7.05 Å². The van der Waals surface area contributed by atoms with Crippen molar-refractivity contribution in [1.29, 1.82) is 0 Å². The summed E-state index contributed by atoms with van der Waals surface area (Å²) in [5.41, 5.74) is 2.53. The van der Waals surface area contributed by atoms with Crippen molar-refractivity contribution >= 4 is 16.7 Å². The molecule has 4 aromatic heterocycles. The van der Waals surface area contributed by atoms with Gasteiger partial charge in [0.25, 0.3) is 0 Å². The summed E-state index contributed by atoms with van der Waals surface area (Å²) in [6.07, 6.45) is 5.36. The normalized spacial score (nSPS) is 13.3. The Morgan fingerprint density at radius 1 is 1.19 bits per heavy atom. The van der Waals surface area contributed by atoms with E-state index in [-0.39, 0.29) is 6.04 Å². The number of nitrogens with zero attached hydrogens (tertiary/aromatic N) is 8. The molecule has 0 fully saturated rings. The van der Waals surface area contributed by atoms with Crippen molar-refractivity contribution in [2.45, 2.75) is 19.9 Å². The largest absolute Gasteiger partial charge is 0.262 e. The highest BCUT2D eigenvalue weighted by atomic mass is 15.4. The fourth-order valence-corrected chi connectivity index (χ4v) is 2.40. The Kier molecular flexibility index (Phi) is 2.35. The molecule has 4 rings (SSSR count). The molecule has 4 aromatic rings. The maximum absolute atomic E-state index is 4.64. The minimum Gasteiger partial charge on any atom is -0.262 e. The van der Waals surface area contributed by atoms with E-state index in [1.54, 1.807) is 21.7 Å². The van der Waals surface area contributed by atoms with Crippen LogP contribution >= 0.6 is 0 Å². The summed E-state index contributed by atoms with van der Waals surface area (Å²) in [5, 5.41) is 14.0. The van der Waals surface area contributed by atoms with Gasteiger partial charge in [-0.05, 0) is 19.9 Å². The van der Waals surface area contributed by atoms with Crippen LogP contribution < -0.4 is 0 Å². The lowest BCUT2D eigenvalue weighted by Gasteiger charge is -2.06. The molecule has 0 aliphatic carbocycles. The smallest absolute Gasteiger partial charge is 0.176 e. The predicted octanol–water partition coefficient (Wildman–Crippen LogP) is 1.13. The highest BCUT2D eigenvalue weighted by Crippen LogP contribution is 2.19. The van der Waals surface area contributed by atoms with Gasteiger partial charge in [0.1, 0.15) is 12.4 Å². The van der Waals surface area contributed by atoms with Crippen LogP contribution in [-0.4, -0.2) is 39.1 Å². The number of fused-ring (bicyclic) bond motifs is 3. The summed E-state index contributed by atoms with van der Waals surface area (Å²) in [6.45, 7) is 3.98. The maximum atomic E-state index is 4.64. The molecular formula is C13H14N8. The molecule has 0 aromatic carbocycles.